The van der Waals surface area contributed by atoms with Crippen molar-refractivity contribution in [2.45, 2.75) is 13.5 Å². The lowest BCUT2D eigenvalue weighted by Crippen LogP contribution is -2.21. The Kier molecular flexibility index (Phi) is 2.67. The van der Waals surface area contributed by atoms with Gasteiger partial charge in [-0.2, -0.15) is 5.10 Å². The zero-order chi connectivity index (χ0) is 13.4. The largest absolute Gasteiger partial charge is 0.294 e. The smallest absolute Gasteiger partial charge is 0.264 e. The van der Waals surface area contributed by atoms with Crippen molar-refractivity contribution in [2.75, 3.05) is 0 Å². The molecule has 2 aromatic heterocycles. The molecule has 2 heterocycles. The van der Waals surface area contributed by atoms with Gasteiger partial charge >= 0.3 is 0 Å². The molecule has 0 amide bonds. The van der Waals surface area contributed by atoms with Crippen LogP contribution in [0.5, 0.6) is 0 Å². The van der Waals surface area contributed by atoms with Gasteiger partial charge in [0.25, 0.3) is 5.56 Å². The molecular formula is C14H14N4O. The van der Waals surface area contributed by atoms with Gasteiger partial charge in [0.2, 0.25) is 0 Å². The fourth-order valence-electron chi connectivity index (χ4n) is 2.19. The normalized spacial score (nSPS) is 11.1. The van der Waals surface area contributed by atoms with Crippen LogP contribution in [0.25, 0.3) is 11.0 Å². The summed E-state index contributed by atoms with van der Waals surface area (Å²) in [4.78, 5) is 16.6. The third kappa shape index (κ3) is 2.03. The van der Waals surface area contributed by atoms with Crippen molar-refractivity contribution in [1.82, 2.24) is 19.3 Å². The van der Waals surface area contributed by atoms with Gasteiger partial charge in [0.15, 0.2) is 5.65 Å². The van der Waals surface area contributed by atoms with E-state index in [1.165, 1.54) is 5.56 Å². The van der Waals surface area contributed by atoms with E-state index in [1.807, 2.05) is 25.1 Å². The van der Waals surface area contributed by atoms with Crippen molar-refractivity contribution in [3.05, 3.63) is 58.3 Å². The lowest BCUT2D eigenvalue weighted by Gasteiger charge is -2.06. The number of aryl methyl sites for hydroxylation is 2. The molecule has 0 N–H and O–H groups in total. The zero-order valence-corrected chi connectivity index (χ0v) is 10.9. The minimum absolute atomic E-state index is 0.0559. The highest BCUT2D eigenvalue weighted by Gasteiger charge is 2.08. The summed E-state index contributed by atoms with van der Waals surface area (Å²) < 4.78 is 3.21. The molecule has 5 nitrogen and oxygen atoms in total. The van der Waals surface area contributed by atoms with Gasteiger partial charge in [-0.3, -0.25) is 14.0 Å². The molecule has 0 fully saturated rings. The van der Waals surface area contributed by atoms with Crippen molar-refractivity contribution < 1.29 is 0 Å². The number of hydrogen-bond acceptors (Lipinski definition) is 3. The first-order chi connectivity index (χ1) is 9.15. The number of benzene rings is 1. The van der Waals surface area contributed by atoms with Crippen molar-refractivity contribution >= 4 is 11.0 Å². The van der Waals surface area contributed by atoms with Crippen LogP contribution in [0.2, 0.25) is 0 Å². The maximum atomic E-state index is 12.3. The summed E-state index contributed by atoms with van der Waals surface area (Å²) >= 11 is 0. The maximum absolute atomic E-state index is 12.3. The second-order valence-electron chi connectivity index (χ2n) is 4.67. The molecular weight excluding hydrogens is 240 g/mol. The Bertz CT molecular complexity index is 801. The number of rotatable bonds is 2. The number of fused-ring (bicyclic) bond motifs is 1. The summed E-state index contributed by atoms with van der Waals surface area (Å²) in [6.07, 6.45) is 3.14. The van der Waals surface area contributed by atoms with Crippen LogP contribution in [0.1, 0.15) is 11.1 Å². The van der Waals surface area contributed by atoms with Gasteiger partial charge in [-0.05, 0) is 12.5 Å². The average Bonchev–Trinajstić information content (AvgIpc) is 2.76. The van der Waals surface area contributed by atoms with Crippen molar-refractivity contribution in [3.63, 3.8) is 0 Å². The highest BCUT2D eigenvalue weighted by atomic mass is 16.1. The van der Waals surface area contributed by atoms with Crippen molar-refractivity contribution in [3.8, 4) is 0 Å². The van der Waals surface area contributed by atoms with Crippen LogP contribution < -0.4 is 5.56 Å². The third-order valence-corrected chi connectivity index (χ3v) is 3.15. The molecule has 0 aliphatic rings. The minimum atomic E-state index is -0.0559. The van der Waals surface area contributed by atoms with Gasteiger partial charge < -0.3 is 0 Å². The molecule has 0 bridgehead atoms. The van der Waals surface area contributed by atoms with Gasteiger partial charge in [0, 0.05) is 7.05 Å². The number of aromatic nitrogens is 4. The Morgan fingerprint density at radius 3 is 2.95 bits per heavy atom. The predicted molar refractivity (Wildman–Crippen MR) is 73.1 cm³/mol. The molecule has 0 saturated carbocycles. The summed E-state index contributed by atoms with van der Waals surface area (Å²) in [5.41, 5.74) is 2.83. The van der Waals surface area contributed by atoms with Crippen molar-refractivity contribution in [2.24, 2.45) is 7.05 Å². The number of nitrogens with zero attached hydrogens (tertiary/aromatic N) is 4. The Balaban J connectivity index is 2.06. The van der Waals surface area contributed by atoms with E-state index in [0.717, 1.165) is 5.56 Å². The van der Waals surface area contributed by atoms with Crippen LogP contribution in [0.4, 0.5) is 0 Å². The quantitative estimate of drug-likeness (QED) is 0.696. The molecule has 0 atom stereocenters. The monoisotopic (exact) mass is 254 g/mol. The minimum Gasteiger partial charge on any atom is -0.294 e. The first-order valence-electron chi connectivity index (χ1n) is 6.08. The van der Waals surface area contributed by atoms with E-state index >= 15 is 0 Å². The van der Waals surface area contributed by atoms with Gasteiger partial charge in [-0.15, -0.1) is 0 Å². The fraction of sp³-hybridized carbons (Fsp3) is 0.214. The number of hydrogen-bond donors (Lipinski definition) is 0. The molecule has 1 aromatic carbocycles. The van der Waals surface area contributed by atoms with E-state index < -0.39 is 0 Å². The maximum Gasteiger partial charge on any atom is 0.264 e. The van der Waals surface area contributed by atoms with Gasteiger partial charge in [-0.1, -0.05) is 29.8 Å². The molecule has 0 spiro atoms. The second-order valence-corrected chi connectivity index (χ2v) is 4.67. The molecule has 0 aliphatic carbocycles. The van der Waals surface area contributed by atoms with Crippen LogP contribution in [-0.2, 0) is 13.6 Å². The topological polar surface area (TPSA) is 52.7 Å². The SMILES string of the molecule is Cc1cccc(Cn2cnc3c(cnn3C)c2=O)c1. The van der Waals surface area contributed by atoms with E-state index in [4.69, 9.17) is 0 Å². The first-order valence-corrected chi connectivity index (χ1v) is 6.08. The van der Waals surface area contributed by atoms with E-state index in [1.54, 1.807) is 28.8 Å². The molecule has 3 aromatic rings. The second kappa shape index (κ2) is 4.35. The average molecular weight is 254 g/mol. The molecule has 0 unspecified atom stereocenters. The standard InChI is InChI=1S/C14H14N4O/c1-10-4-3-5-11(6-10)8-18-9-15-13-12(14(18)19)7-16-17(13)2/h3-7,9H,8H2,1-2H3. The zero-order valence-electron chi connectivity index (χ0n) is 10.9. The summed E-state index contributed by atoms with van der Waals surface area (Å²) in [6.45, 7) is 2.56. The predicted octanol–water partition coefficient (Wildman–Crippen LogP) is 1.49. The first kappa shape index (κ1) is 11.6. The lowest BCUT2D eigenvalue weighted by molar-refractivity contribution is 0.737. The van der Waals surface area contributed by atoms with Crippen LogP contribution in [0, 0.1) is 6.92 Å². The summed E-state index contributed by atoms with van der Waals surface area (Å²) in [5, 5.41) is 4.61. The van der Waals surface area contributed by atoms with E-state index in [0.29, 0.717) is 17.6 Å². The van der Waals surface area contributed by atoms with Crippen LogP contribution in [0.3, 0.4) is 0 Å². The van der Waals surface area contributed by atoms with Crippen LogP contribution in [-0.4, -0.2) is 19.3 Å². The van der Waals surface area contributed by atoms with Gasteiger partial charge in [0.05, 0.1) is 12.7 Å². The van der Waals surface area contributed by atoms with E-state index in [-0.39, 0.29) is 5.56 Å². The molecule has 5 heteroatoms. The Morgan fingerprint density at radius 2 is 2.16 bits per heavy atom. The van der Waals surface area contributed by atoms with Crippen LogP contribution >= 0.6 is 0 Å². The van der Waals surface area contributed by atoms with Gasteiger partial charge in [-0.25, -0.2) is 4.98 Å². The van der Waals surface area contributed by atoms with Gasteiger partial charge in [0.1, 0.15) is 11.7 Å². The summed E-state index contributed by atoms with van der Waals surface area (Å²) in [5.74, 6) is 0. The molecule has 3 rings (SSSR count). The van der Waals surface area contributed by atoms with Crippen LogP contribution in [0.15, 0.2) is 41.6 Å². The Hall–Kier alpha value is -2.43. The Labute approximate surface area is 110 Å². The highest BCUT2D eigenvalue weighted by Crippen LogP contribution is 2.07. The molecule has 0 radical (unpaired) electrons. The Morgan fingerprint density at radius 1 is 1.32 bits per heavy atom. The third-order valence-electron chi connectivity index (χ3n) is 3.15. The molecule has 0 saturated heterocycles. The lowest BCUT2D eigenvalue weighted by atomic mass is 10.1. The highest BCUT2D eigenvalue weighted by molar-refractivity contribution is 5.72. The molecule has 96 valence electrons. The van der Waals surface area contributed by atoms with E-state index in [2.05, 4.69) is 16.1 Å². The van der Waals surface area contributed by atoms with Crippen molar-refractivity contribution in [1.29, 1.82) is 0 Å². The van der Waals surface area contributed by atoms with E-state index in [9.17, 15) is 4.79 Å². The molecule has 19 heavy (non-hydrogen) atoms. The summed E-state index contributed by atoms with van der Waals surface area (Å²) in [6, 6.07) is 8.10. The molecule has 0 aliphatic heterocycles. The fourth-order valence-corrected chi connectivity index (χ4v) is 2.19. The summed E-state index contributed by atoms with van der Waals surface area (Å²) in [7, 11) is 1.78.